The van der Waals surface area contributed by atoms with Gasteiger partial charge in [0.1, 0.15) is 89.4 Å². The summed E-state index contributed by atoms with van der Waals surface area (Å²) in [5, 5.41) is 104. The molecule has 1 aromatic heterocycles. The zero-order valence-corrected chi connectivity index (χ0v) is 22.6. The number of aliphatic hydroxyl groups is 8. The highest BCUT2D eigenvalue weighted by molar-refractivity contribution is 5.92. The monoisotopic (exact) mass is 608 g/mol. The average Bonchev–Trinajstić information content (AvgIpc) is 2.99. The largest absolute Gasteiger partial charge is 0.508 e. The van der Waals surface area contributed by atoms with Crippen molar-refractivity contribution in [1.29, 1.82) is 0 Å². The molecule has 10 N–H and O–H groups in total. The molecule has 0 aliphatic carbocycles. The van der Waals surface area contributed by atoms with E-state index in [0.29, 0.717) is 5.56 Å². The van der Waals surface area contributed by atoms with Gasteiger partial charge in [-0.1, -0.05) is 0 Å². The maximum Gasteiger partial charge on any atom is 0.197 e. The first-order chi connectivity index (χ1) is 20.4. The molecule has 0 amide bonds. The van der Waals surface area contributed by atoms with Crippen LogP contribution in [0.1, 0.15) is 23.3 Å². The number of hydrogen-bond acceptors (Lipinski definition) is 15. The number of aromatic hydroxyl groups is 2. The molecule has 15 nitrogen and oxygen atoms in total. The maximum atomic E-state index is 13.6. The summed E-state index contributed by atoms with van der Waals surface area (Å²) in [6.45, 7) is -1.61. The topological polar surface area (TPSA) is 260 Å². The van der Waals surface area contributed by atoms with Crippen molar-refractivity contribution in [2.75, 3.05) is 20.3 Å². The lowest BCUT2D eigenvalue weighted by molar-refractivity contribution is -0.233. The number of ether oxygens (including phenoxy) is 3. The Morgan fingerprint density at radius 1 is 0.744 bits per heavy atom. The second kappa shape index (κ2) is 12.0. The van der Waals surface area contributed by atoms with Crippen LogP contribution in [0.15, 0.2) is 39.5 Å². The minimum absolute atomic E-state index is 0.0645. The van der Waals surface area contributed by atoms with Gasteiger partial charge in [-0.2, -0.15) is 0 Å². The van der Waals surface area contributed by atoms with E-state index in [0.717, 1.165) is 13.2 Å². The number of aliphatic hydroxyl groups excluding tert-OH is 8. The average molecular weight is 609 g/mol. The van der Waals surface area contributed by atoms with E-state index in [1.165, 1.54) is 24.3 Å². The van der Waals surface area contributed by atoms with Gasteiger partial charge in [0, 0.05) is 11.6 Å². The Balaban J connectivity index is 1.85. The summed E-state index contributed by atoms with van der Waals surface area (Å²) in [5.41, 5.74) is -1.71. The highest BCUT2D eigenvalue weighted by Gasteiger charge is 2.50. The fraction of sp³-hybridized carbons (Fsp3) is 0.464. The summed E-state index contributed by atoms with van der Waals surface area (Å²) in [4.78, 5) is 13.6. The smallest absolute Gasteiger partial charge is 0.197 e. The molecule has 43 heavy (non-hydrogen) atoms. The van der Waals surface area contributed by atoms with Gasteiger partial charge >= 0.3 is 0 Å². The quantitative estimate of drug-likeness (QED) is 0.144. The summed E-state index contributed by atoms with van der Waals surface area (Å²) in [5.74, 6) is -1.39. The van der Waals surface area contributed by atoms with Crippen molar-refractivity contribution in [1.82, 2.24) is 0 Å². The van der Waals surface area contributed by atoms with Gasteiger partial charge in [-0.25, -0.2) is 0 Å². The van der Waals surface area contributed by atoms with Crippen molar-refractivity contribution in [3.05, 3.63) is 51.7 Å². The second-order valence-corrected chi connectivity index (χ2v) is 10.4. The number of fused-ring (bicyclic) bond motifs is 1. The van der Waals surface area contributed by atoms with Crippen LogP contribution in [-0.2, 0) is 9.47 Å². The summed E-state index contributed by atoms with van der Waals surface area (Å²) in [6.07, 6.45) is -17.4. The Bertz CT molecular complexity index is 1520. The summed E-state index contributed by atoms with van der Waals surface area (Å²) < 4.78 is 23.0. The summed E-state index contributed by atoms with van der Waals surface area (Å²) in [7, 11) is 1.11. The number of methoxy groups -OCH3 is 1. The van der Waals surface area contributed by atoms with E-state index in [9.17, 15) is 55.9 Å². The van der Waals surface area contributed by atoms with Crippen LogP contribution in [0.25, 0.3) is 22.3 Å². The number of phenols is 2. The van der Waals surface area contributed by atoms with Gasteiger partial charge in [-0.3, -0.25) is 4.79 Å². The maximum absolute atomic E-state index is 13.6. The van der Waals surface area contributed by atoms with Gasteiger partial charge in [0.25, 0.3) is 0 Å². The molecule has 234 valence electrons. The molecule has 10 unspecified atom stereocenters. The molecule has 2 aliphatic heterocycles. The lowest BCUT2D eigenvalue weighted by Crippen LogP contribution is -2.55. The zero-order valence-electron chi connectivity index (χ0n) is 22.6. The van der Waals surface area contributed by atoms with Crippen LogP contribution in [0.5, 0.6) is 17.2 Å². The molecule has 5 rings (SSSR count). The number of phenolic OH excluding ortho intramolecular Hbond substituents is 2. The third kappa shape index (κ3) is 5.12. The van der Waals surface area contributed by atoms with E-state index in [-0.39, 0.29) is 17.1 Å². The molecule has 3 aromatic rings. The Hall–Kier alpha value is -3.35. The highest BCUT2D eigenvalue weighted by atomic mass is 16.6. The van der Waals surface area contributed by atoms with Crippen LogP contribution < -0.4 is 10.2 Å². The van der Waals surface area contributed by atoms with Crippen LogP contribution in [0.2, 0.25) is 0 Å². The standard InChI is InChI=1S/C28H32O15/c1-40-25-16(27-23(38)21(36)18(33)13(7-29)42-27)20(35)15-11(32)6-12(9-2-4-10(31)5-3-9)41-26(15)17(25)28-24(39)22(37)19(34)14(8-30)43-28/h2-6,13-14,18-19,21-24,27-31,33-39H,7-8H2,1H3. The Labute approximate surface area is 242 Å². The molecule has 2 fully saturated rings. The fourth-order valence-corrected chi connectivity index (χ4v) is 5.59. The first-order valence-electron chi connectivity index (χ1n) is 13.3. The molecule has 0 bridgehead atoms. The SMILES string of the molecule is COc1c(C2OC(CO)C(O)C(O)C2O)c(O)c2c(=O)cc(-c3ccc(O)cc3)oc2c1C1OC(CO)C(O)C(O)C1O. The normalized spacial score (nSPS) is 33.0. The Morgan fingerprint density at radius 3 is 1.74 bits per heavy atom. The Morgan fingerprint density at radius 2 is 1.26 bits per heavy atom. The van der Waals surface area contributed by atoms with Crippen molar-refractivity contribution in [3.8, 4) is 28.6 Å². The van der Waals surface area contributed by atoms with E-state index < -0.39 is 108 Å². The van der Waals surface area contributed by atoms with Crippen LogP contribution in [0.4, 0.5) is 0 Å². The minimum atomic E-state index is -1.94. The van der Waals surface area contributed by atoms with E-state index in [1.54, 1.807) is 0 Å². The molecule has 2 aliphatic rings. The third-order valence-corrected chi connectivity index (χ3v) is 7.88. The van der Waals surface area contributed by atoms with E-state index in [2.05, 4.69) is 0 Å². The fourth-order valence-electron chi connectivity index (χ4n) is 5.59. The lowest BCUT2D eigenvalue weighted by atomic mass is 9.85. The van der Waals surface area contributed by atoms with Gasteiger partial charge in [-0.05, 0) is 24.3 Å². The first-order valence-corrected chi connectivity index (χ1v) is 13.3. The van der Waals surface area contributed by atoms with Crippen LogP contribution in [0, 0.1) is 0 Å². The summed E-state index contributed by atoms with van der Waals surface area (Å²) in [6, 6.07) is 6.56. The van der Waals surface area contributed by atoms with Crippen LogP contribution in [-0.4, -0.2) is 120 Å². The van der Waals surface area contributed by atoms with Gasteiger partial charge in [0.15, 0.2) is 11.0 Å². The molecule has 0 saturated carbocycles. The molecule has 0 radical (unpaired) electrons. The molecule has 3 heterocycles. The zero-order chi connectivity index (χ0) is 31.3. The Kier molecular flexibility index (Phi) is 8.65. The van der Waals surface area contributed by atoms with Crippen molar-refractivity contribution >= 4 is 11.0 Å². The molecule has 0 spiro atoms. The molecular formula is C28H32O15. The predicted molar refractivity (Wildman–Crippen MR) is 143 cm³/mol. The van der Waals surface area contributed by atoms with E-state index in [4.69, 9.17) is 18.6 Å². The highest BCUT2D eigenvalue weighted by Crippen LogP contribution is 2.51. The first kappa shape index (κ1) is 31.1. The van der Waals surface area contributed by atoms with Crippen LogP contribution >= 0.6 is 0 Å². The van der Waals surface area contributed by atoms with Crippen molar-refractivity contribution in [2.45, 2.75) is 61.0 Å². The lowest BCUT2D eigenvalue weighted by Gasteiger charge is -2.42. The molecule has 15 heteroatoms. The number of hydrogen-bond donors (Lipinski definition) is 10. The van der Waals surface area contributed by atoms with Crippen molar-refractivity contribution < 1.29 is 69.7 Å². The van der Waals surface area contributed by atoms with Gasteiger partial charge in [0.2, 0.25) is 0 Å². The van der Waals surface area contributed by atoms with Crippen molar-refractivity contribution in [3.63, 3.8) is 0 Å². The van der Waals surface area contributed by atoms with Crippen LogP contribution in [0.3, 0.4) is 0 Å². The molecule has 2 saturated heterocycles. The summed E-state index contributed by atoms with van der Waals surface area (Å²) >= 11 is 0. The molecular weight excluding hydrogens is 576 g/mol. The van der Waals surface area contributed by atoms with Crippen molar-refractivity contribution in [2.24, 2.45) is 0 Å². The third-order valence-electron chi connectivity index (χ3n) is 7.88. The minimum Gasteiger partial charge on any atom is -0.508 e. The van der Waals surface area contributed by atoms with Gasteiger partial charge in [0.05, 0.1) is 31.5 Å². The number of rotatable bonds is 6. The van der Waals surface area contributed by atoms with Gasteiger partial charge in [-0.15, -0.1) is 0 Å². The van der Waals surface area contributed by atoms with E-state index in [1.807, 2.05) is 0 Å². The second-order valence-electron chi connectivity index (χ2n) is 10.4. The molecule has 10 atom stereocenters. The molecule has 2 aromatic carbocycles. The number of benzene rings is 2. The van der Waals surface area contributed by atoms with Gasteiger partial charge < -0.3 is 69.7 Å². The van der Waals surface area contributed by atoms with E-state index >= 15 is 0 Å². The predicted octanol–water partition coefficient (Wildman–Crippen LogP) is -2.09.